The molecule has 1 N–H and O–H groups in total. The van der Waals surface area contributed by atoms with Crippen LogP contribution in [0.5, 0.6) is 0 Å². The molecule has 0 spiro atoms. The molecule has 1 aromatic carbocycles. The lowest BCUT2D eigenvalue weighted by molar-refractivity contribution is -0.137. The van der Waals surface area contributed by atoms with E-state index in [1.54, 1.807) is 29.2 Å². The van der Waals surface area contributed by atoms with Crippen LogP contribution >= 0.6 is 23.2 Å². The van der Waals surface area contributed by atoms with Gasteiger partial charge in [-0.15, -0.1) is 0 Å². The van der Waals surface area contributed by atoms with Crippen LogP contribution in [-0.2, 0) is 11.0 Å². The highest BCUT2D eigenvalue weighted by atomic mass is 35.5. The zero-order valence-corrected chi connectivity index (χ0v) is 14.2. The normalized spacial score (nSPS) is 15.0. The van der Waals surface area contributed by atoms with E-state index in [-0.39, 0.29) is 22.7 Å². The quantitative estimate of drug-likeness (QED) is 0.841. The van der Waals surface area contributed by atoms with Gasteiger partial charge < -0.3 is 10.2 Å². The number of hydrogen-bond donors (Lipinski definition) is 1. The van der Waals surface area contributed by atoms with Crippen molar-refractivity contribution in [1.29, 1.82) is 0 Å². The highest BCUT2D eigenvalue weighted by Crippen LogP contribution is 2.35. The maximum atomic E-state index is 12.6. The fourth-order valence-corrected chi connectivity index (χ4v) is 2.92. The van der Waals surface area contributed by atoms with E-state index in [2.05, 4.69) is 10.3 Å². The van der Waals surface area contributed by atoms with Crippen LogP contribution in [0.15, 0.2) is 36.5 Å². The third-order valence-electron chi connectivity index (χ3n) is 3.79. The van der Waals surface area contributed by atoms with Gasteiger partial charge in [0.25, 0.3) is 0 Å². The summed E-state index contributed by atoms with van der Waals surface area (Å²) in [6.07, 6.45) is -3.76. The highest BCUT2D eigenvalue weighted by Gasteiger charge is 2.36. The van der Waals surface area contributed by atoms with Crippen LogP contribution in [0.25, 0.3) is 0 Å². The average molecular weight is 390 g/mol. The molecular weight excluding hydrogens is 378 g/mol. The van der Waals surface area contributed by atoms with Crippen LogP contribution in [0.2, 0.25) is 10.0 Å². The number of anilines is 2. The van der Waals surface area contributed by atoms with Gasteiger partial charge >= 0.3 is 6.18 Å². The second-order valence-corrected chi connectivity index (χ2v) is 6.47. The summed E-state index contributed by atoms with van der Waals surface area (Å²) in [6, 6.07) is 7.60. The zero-order chi connectivity index (χ0) is 18.2. The predicted molar refractivity (Wildman–Crippen MR) is 90.0 cm³/mol. The van der Waals surface area contributed by atoms with Crippen molar-refractivity contribution >= 4 is 40.6 Å². The SMILES string of the molecule is O=C(Nc1cccc(Cl)c1)C1CN(c2ncc(C(F)(F)F)cc2Cl)C1. The molecule has 0 saturated carbocycles. The van der Waals surface area contributed by atoms with Gasteiger partial charge in [0.05, 0.1) is 16.5 Å². The lowest BCUT2D eigenvalue weighted by Crippen LogP contribution is -2.52. The van der Waals surface area contributed by atoms with Crippen LogP contribution in [0.3, 0.4) is 0 Å². The van der Waals surface area contributed by atoms with E-state index >= 15 is 0 Å². The Kier molecular flexibility index (Phi) is 4.79. The number of alkyl halides is 3. The largest absolute Gasteiger partial charge is 0.417 e. The number of carbonyl (C=O) groups excluding carboxylic acids is 1. The molecule has 2 aromatic rings. The molecule has 0 bridgehead atoms. The molecule has 2 heterocycles. The summed E-state index contributed by atoms with van der Waals surface area (Å²) in [6.45, 7) is 0.648. The Morgan fingerprint density at radius 1 is 1.24 bits per heavy atom. The summed E-state index contributed by atoms with van der Waals surface area (Å²) < 4.78 is 37.9. The average Bonchev–Trinajstić information content (AvgIpc) is 2.46. The minimum Gasteiger partial charge on any atom is -0.354 e. The third kappa shape index (κ3) is 3.99. The minimum atomic E-state index is -4.50. The van der Waals surface area contributed by atoms with E-state index in [1.807, 2.05) is 0 Å². The van der Waals surface area contributed by atoms with Crippen molar-refractivity contribution in [2.75, 3.05) is 23.3 Å². The standard InChI is InChI=1S/C16H12Cl2F3N3O/c17-11-2-1-3-12(5-11)23-15(25)9-7-24(8-9)14-13(18)4-10(6-22-14)16(19,20)21/h1-6,9H,7-8H2,(H,23,25). The Hall–Kier alpha value is -1.99. The summed E-state index contributed by atoms with van der Waals surface area (Å²) in [5.74, 6) is -0.262. The number of nitrogens with zero attached hydrogens (tertiary/aromatic N) is 2. The van der Waals surface area contributed by atoms with E-state index in [0.717, 1.165) is 12.3 Å². The second-order valence-electron chi connectivity index (χ2n) is 5.63. The van der Waals surface area contributed by atoms with Gasteiger partial charge in [-0.3, -0.25) is 4.79 Å². The number of carbonyl (C=O) groups is 1. The molecule has 4 nitrogen and oxygen atoms in total. The van der Waals surface area contributed by atoms with Crippen molar-refractivity contribution in [3.05, 3.63) is 52.1 Å². The monoisotopic (exact) mass is 389 g/mol. The van der Waals surface area contributed by atoms with E-state index in [1.165, 1.54) is 0 Å². The molecular formula is C16H12Cl2F3N3O. The summed E-state index contributed by atoms with van der Waals surface area (Å²) in [4.78, 5) is 17.6. The van der Waals surface area contributed by atoms with Gasteiger partial charge in [0.15, 0.2) is 0 Å². The number of aromatic nitrogens is 1. The lowest BCUT2D eigenvalue weighted by atomic mass is 9.99. The number of hydrogen-bond acceptors (Lipinski definition) is 3. The van der Waals surface area contributed by atoms with Crippen molar-refractivity contribution < 1.29 is 18.0 Å². The summed E-state index contributed by atoms with van der Waals surface area (Å²) >= 11 is 11.8. The van der Waals surface area contributed by atoms with Crippen LogP contribution in [0.4, 0.5) is 24.7 Å². The fraction of sp³-hybridized carbons (Fsp3) is 0.250. The Morgan fingerprint density at radius 2 is 1.96 bits per heavy atom. The van der Waals surface area contributed by atoms with Crippen molar-refractivity contribution in [2.45, 2.75) is 6.18 Å². The Bertz CT molecular complexity index is 807. The van der Waals surface area contributed by atoms with Gasteiger partial charge in [-0.05, 0) is 24.3 Å². The predicted octanol–water partition coefficient (Wildman–Crippen LogP) is 4.48. The van der Waals surface area contributed by atoms with Crippen LogP contribution in [0, 0.1) is 5.92 Å². The Morgan fingerprint density at radius 3 is 2.56 bits per heavy atom. The summed E-state index contributed by atoms with van der Waals surface area (Å²) in [5.41, 5.74) is -0.321. The van der Waals surface area contributed by atoms with Gasteiger partial charge in [0, 0.05) is 30.0 Å². The van der Waals surface area contributed by atoms with Gasteiger partial charge in [0.2, 0.25) is 5.91 Å². The molecule has 1 saturated heterocycles. The maximum absolute atomic E-state index is 12.6. The van der Waals surface area contributed by atoms with Crippen LogP contribution < -0.4 is 10.2 Å². The number of pyridine rings is 1. The lowest BCUT2D eigenvalue weighted by Gasteiger charge is -2.39. The molecule has 1 aliphatic heterocycles. The van der Waals surface area contributed by atoms with Crippen molar-refractivity contribution in [1.82, 2.24) is 4.98 Å². The first-order chi connectivity index (χ1) is 11.7. The first-order valence-corrected chi connectivity index (χ1v) is 8.04. The number of rotatable bonds is 3. The smallest absolute Gasteiger partial charge is 0.354 e. The number of amides is 1. The molecule has 0 aliphatic carbocycles. The van der Waals surface area contributed by atoms with Crippen LogP contribution in [-0.4, -0.2) is 24.0 Å². The molecule has 1 aliphatic rings. The van der Waals surface area contributed by atoms with E-state index < -0.39 is 11.7 Å². The molecule has 25 heavy (non-hydrogen) atoms. The molecule has 1 aromatic heterocycles. The van der Waals surface area contributed by atoms with Gasteiger partial charge in [-0.1, -0.05) is 29.3 Å². The molecule has 0 unspecified atom stereocenters. The molecule has 132 valence electrons. The maximum Gasteiger partial charge on any atom is 0.417 e. The van der Waals surface area contributed by atoms with Crippen molar-refractivity contribution in [2.24, 2.45) is 5.92 Å². The van der Waals surface area contributed by atoms with Crippen molar-refractivity contribution in [3.8, 4) is 0 Å². The van der Waals surface area contributed by atoms with Gasteiger partial charge in [-0.25, -0.2) is 4.98 Å². The summed E-state index contributed by atoms with van der Waals surface area (Å²) in [5, 5.41) is 3.16. The number of benzene rings is 1. The zero-order valence-electron chi connectivity index (χ0n) is 12.6. The minimum absolute atomic E-state index is 0.0940. The first-order valence-electron chi connectivity index (χ1n) is 7.28. The Labute approximate surface area is 151 Å². The molecule has 3 rings (SSSR count). The number of halogens is 5. The fourth-order valence-electron chi connectivity index (χ4n) is 2.45. The Balaban J connectivity index is 1.61. The topological polar surface area (TPSA) is 45.2 Å². The summed E-state index contributed by atoms with van der Waals surface area (Å²) in [7, 11) is 0. The third-order valence-corrected chi connectivity index (χ3v) is 4.31. The molecule has 9 heteroatoms. The second kappa shape index (κ2) is 6.72. The molecule has 1 amide bonds. The van der Waals surface area contributed by atoms with Gasteiger partial charge in [0.1, 0.15) is 5.82 Å². The van der Waals surface area contributed by atoms with E-state index in [4.69, 9.17) is 23.2 Å². The van der Waals surface area contributed by atoms with Crippen LogP contribution in [0.1, 0.15) is 5.56 Å². The van der Waals surface area contributed by atoms with E-state index in [0.29, 0.717) is 23.8 Å². The van der Waals surface area contributed by atoms with Gasteiger partial charge in [-0.2, -0.15) is 13.2 Å². The molecule has 0 atom stereocenters. The molecule has 0 radical (unpaired) electrons. The van der Waals surface area contributed by atoms with Crippen molar-refractivity contribution in [3.63, 3.8) is 0 Å². The van der Waals surface area contributed by atoms with E-state index in [9.17, 15) is 18.0 Å². The highest BCUT2D eigenvalue weighted by molar-refractivity contribution is 6.33. The first kappa shape index (κ1) is 17.8. The number of nitrogens with one attached hydrogen (secondary N) is 1. The molecule has 1 fully saturated rings.